The van der Waals surface area contributed by atoms with Gasteiger partial charge >= 0.3 is 18.1 Å². The zero-order chi connectivity index (χ0) is 34.4. The zero-order valence-electron chi connectivity index (χ0n) is 28.9. The van der Waals surface area contributed by atoms with E-state index in [1.807, 2.05) is 31.2 Å². The van der Waals surface area contributed by atoms with Crippen molar-refractivity contribution in [3.8, 4) is 5.75 Å². The number of carbonyl (C=O) groups excluding carboxylic acids is 2. The summed E-state index contributed by atoms with van der Waals surface area (Å²) >= 11 is 0. The predicted molar refractivity (Wildman–Crippen MR) is 182 cm³/mol. The third-order valence-corrected chi connectivity index (χ3v) is 10.1. The molecule has 2 aliphatic rings. The van der Waals surface area contributed by atoms with Crippen molar-refractivity contribution in [2.45, 2.75) is 147 Å². The fraction of sp³-hybridized carbons (Fsp3) is 0.650. The van der Waals surface area contributed by atoms with Crippen LogP contribution in [0.2, 0.25) is 0 Å². The van der Waals surface area contributed by atoms with Crippen LogP contribution in [0.4, 0.5) is 13.2 Å². The van der Waals surface area contributed by atoms with Crippen molar-refractivity contribution >= 4 is 11.9 Å². The van der Waals surface area contributed by atoms with E-state index in [-0.39, 0.29) is 18.8 Å². The number of halogens is 3. The number of aryl methyl sites for hydroxylation is 1. The largest absolute Gasteiger partial charge is 0.494 e. The lowest BCUT2D eigenvalue weighted by Gasteiger charge is -2.35. The highest BCUT2D eigenvalue weighted by atomic mass is 19.4. The molecule has 266 valence electrons. The highest BCUT2D eigenvalue weighted by Crippen LogP contribution is 2.42. The first-order valence-electron chi connectivity index (χ1n) is 18.5. The molecule has 0 N–H and O–H groups in total. The number of hydrogen-bond acceptors (Lipinski definition) is 5. The maximum Gasteiger partial charge on any atom is 0.425 e. The molecule has 1 fully saturated rings. The van der Waals surface area contributed by atoms with Gasteiger partial charge in [0.2, 0.25) is 0 Å². The molecule has 0 spiro atoms. The van der Waals surface area contributed by atoms with Crippen LogP contribution in [0.3, 0.4) is 0 Å². The van der Waals surface area contributed by atoms with Crippen molar-refractivity contribution in [2.75, 3.05) is 6.61 Å². The quantitative estimate of drug-likeness (QED) is 0.116. The van der Waals surface area contributed by atoms with Crippen LogP contribution in [0.25, 0.3) is 0 Å². The molecule has 0 amide bonds. The van der Waals surface area contributed by atoms with E-state index >= 15 is 0 Å². The van der Waals surface area contributed by atoms with Crippen molar-refractivity contribution in [3.63, 3.8) is 0 Å². The van der Waals surface area contributed by atoms with Gasteiger partial charge in [-0.05, 0) is 92.5 Å². The standard InChI is InChI=1S/C40H55F3O5/c1-3-5-7-9-10-14-28-46-33-25-22-30(23-26-33)29-18-20-32(21-19-29)38(44)48-37-34-16-13-12-15-31(34)24-27-35(37)39(45)47-36(40(41,42)43)17-11-8-6-4-2/h12-13,15-16,22-23,25-26,29,32,35-37H,3-11,14,17-21,24,27-28H2,1-2H3/t29?,32?,35?,36-,37?/m1/s1. The van der Waals surface area contributed by atoms with Gasteiger partial charge in [0.15, 0.2) is 6.10 Å². The summed E-state index contributed by atoms with van der Waals surface area (Å²) in [4.78, 5) is 26.9. The topological polar surface area (TPSA) is 61.8 Å². The van der Waals surface area contributed by atoms with Crippen LogP contribution in [0, 0.1) is 11.8 Å². The summed E-state index contributed by atoms with van der Waals surface area (Å²) in [5.41, 5.74) is 2.85. The van der Waals surface area contributed by atoms with Crippen LogP contribution < -0.4 is 4.74 Å². The fourth-order valence-electron chi connectivity index (χ4n) is 7.17. The maximum absolute atomic E-state index is 13.9. The third-order valence-electron chi connectivity index (χ3n) is 10.1. The summed E-state index contributed by atoms with van der Waals surface area (Å²) in [5, 5.41) is 0. The Balaban J connectivity index is 1.32. The number of esters is 2. The summed E-state index contributed by atoms with van der Waals surface area (Å²) in [7, 11) is 0. The number of rotatable bonds is 18. The first-order valence-corrected chi connectivity index (χ1v) is 18.5. The number of hydrogen-bond donors (Lipinski definition) is 0. The highest BCUT2D eigenvalue weighted by molar-refractivity contribution is 5.77. The van der Waals surface area contributed by atoms with Crippen molar-refractivity contribution in [1.82, 2.24) is 0 Å². The number of benzene rings is 2. The summed E-state index contributed by atoms with van der Waals surface area (Å²) in [5.74, 6) is -1.43. The molecule has 2 unspecified atom stereocenters. The Morgan fingerprint density at radius 1 is 0.771 bits per heavy atom. The molecule has 2 aliphatic carbocycles. The average Bonchev–Trinajstić information content (AvgIpc) is 3.09. The molecule has 1 saturated carbocycles. The molecular weight excluding hydrogens is 617 g/mol. The molecule has 0 radical (unpaired) electrons. The van der Waals surface area contributed by atoms with E-state index in [4.69, 9.17) is 14.2 Å². The molecule has 0 bridgehead atoms. The zero-order valence-corrected chi connectivity index (χ0v) is 28.9. The minimum Gasteiger partial charge on any atom is -0.494 e. The van der Waals surface area contributed by atoms with E-state index in [9.17, 15) is 22.8 Å². The lowest BCUT2D eigenvalue weighted by atomic mass is 9.78. The molecule has 48 heavy (non-hydrogen) atoms. The number of unbranched alkanes of at least 4 members (excludes halogenated alkanes) is 8. The number of ether oxygens (including phenoxy) is 3. The van der Waals surface area contributed by atoms with Crippen molar-refractivity contribution in [1.29, 1.82) is 0 Å². The summed E-state index contributed by atoms with van der Waals surface area (Å²) in [6.07, 6.45) is 5.75. The first kappa shape index (κ1) is 37.8. The molecular formula is C40H55F3O5. The third kappa shape index (κ3) is 11.3. The van der Waals surface area contributed by atoms with Crippen molar-refractivity contribution in [3.05, 3.63) is 65.2 Å². The van der Waals surface area contributed by atoms with Crippen LogP contribution in [0.1, 0.15) is 145 Å². The second kappa shape index (κ2) is 19.2. The highest BCUT2D eigenvalue weighted by Gasteiger charge is 2.46. The maximum atomic E-state index is 13.9. The van der Waals surface area contributed by atoms with Gasteiger partial charge in [0.25, 0.3) is 0 Å². The second-order valence-electron chi connectivity index (χ2n) is 13.8. The van der Waals surface area contributed by atoms with Crippen molar-refractivity contribution in [2.24, 2.45) is 11.8 Å². The molecule has 2 aromatic rings. The smallest absolute Gasteiger partial charge is 0.425 e. The normalized spacial score (nSPS) is 21.6. The Hall–Kier alpha value is -3.03. The van der Waals surface area contributed by atoms with Crippen LogP contribution >= 0.6 is 0 Å². The molecule has 4 rings (SSSR count). The number of alkyl halides is 3. The van der Waals surface area contributed by atoms with E-state index in [1.165, 1.54) is 37.7 Å². The Kier molecular flexibility index (Phi) is 15.1. The van der Waals surface area contributed by atoms with Crippen LogP contribution in [-0.4, -0.2) is 30.8 Å². The molecule has 0 aliphatic heterocycles. The van der Waals surface area contributed by atoms with E-state index in [0.29, 0.717) is 43.6 Å². The molecule has 2 aromatic carbocycles. The molecule has 0 saturated heterocycles. The monoisotopic (exact) mass is 672 g/mol. The van der Waals surface area contributed by atoms with E-state index in [0.717, 1.165) is 50.0 Å². The van der Waals surface area contributed by atoms with E-state index in [1.54, 1.807) is 12.1 Å². The lowest BCUT2D eigenvalue weighted by Crippen LogP contribution is -2.39. The molecule has 8 heteroatoms. The predicted octanol–water partition coefficient (Wildman–Crippen LogP) is 11.0. The van der Waals surface area contributed by atoms with Crippen LogP contribution in [0.15, 0.2) is 48.5 Å². The van der Waals surface area contributed by atoms with Crippen LogP contribution in [-0.2, 0) is 25.5 Å². The van der Waals surface area contributed by atoms with Gasteiger partial charge in [0.1, 0.15) is 11.9 Å². The van der Waals surface area contributed by atoms with Gasteiger partial charge in [-0.3, -0.25) is 9.59 Å². The van der Waals surface area contributed by atoms with Gasteiger partial charge in [-0.25, -0.2) is 0 Å². The molecule has 0 heterocycles. The van der Waals surface area contributed by atoms with Gasteiger partial charge < -0.3 is 14.2 Å². The van der Waals surface area contributed by atoms with Crippen molar-refractivity contribution < 1.29 is 37.0 Å². The van der Waals surface area contributed by atoms with E-state index < -0.39 is 36.2 Å². The Morgan fingerprint density at radius 2 is 1.42 bits per heavy atom. The summed E-state index contributed by atoms with van der Waals surface area (Å²) < 4.78 is 58.7. The van der Waals surface area contributed by atoms with E-state index in [2.05, 4.69) is 19.1 Å². The molecule has 5 nitrogen and oxygen atoms in total. The number of carbonyl (C=O) groups is 2. The minimum atomic E-state index is -4.65. The first-order chi connectivity index (χ1) is 23.2. The molecule has 3 atom stereocenters. The van der Waals surface area contributed by atoms with Crippen LogP contribution in [0.5, 0.6) is 5.75 Å². The van der Waals surface area contributed by atoms with Gasteiger partial charge in [-0.2, -0.15) is 13.2 Å². The molecule has 0 aromatic heterocycles. The average molecular weight is 673 g/mol. The van der Waals surface area contributed by atoms with Gasteiger partial charge in [-0.1, -0.05) is 102 Å². The Morgan fingerprint density at radius 3 is 2.10 bits per heavy atom. The number of fused-ring (bicyclic) bond motifs is 1. The minimum absolute atomic E-state index is 0.263. The fourth-order valence-corrected chi connectivity index (χ4v) is 7.17. The lowest BCUT2D eigenvalue weighted by molar-refractivity contribution is -0.227. The second-order valence-corrected chi connectivity index (χ2v) is 13.8. The Bertz CT molecular complexity index is 1250. The van der Waals surface area contributed by atoms with Gasteiger partial charge in [0, 0.05) is 0 Å². The van der Waals surface area contributed by atoms with Gasteiger partial charge in [0.05, 0.1) is 18.4 Å². The Labute approximate surface area is 285 Å². The van der Waals surface area contributed by atoms with Gasteiger partial charge in [-0.15, -0.1) is 0 Å². The summed E-state index contributed by atoms with van der Waals surface area (Å²) in [6.45, 7) is 4.94. The summed E-state index contributed by atoms with van der Waals surface area (Å²) in [6, 6.07) is 15.7. The SMILES string of the molecule is CCCCCCCCOc1ccc(C2CCC(C(=O)OC3c4ccccc4CCC3C(=O)O[C@H](CCCCCC)C(F)(F)F)CC2)cc1.